The van der Waals surface area contributed by atoms with E-state index in [0.717, 1.165) is 11.1 Å². The Morgan fingerprint density at radius 2 is 2.00 bits per heavy atom. The zero-order valence-corrected chi connectivity index (χ0v) is 7.36. The van der Waals surface area contributed by atoms with Crippen LogP contribution in [0.1, 0.15) is 5.69 Å². The normalized spacial score (nSPS) is 9.64. The third-order valence-electron chi connectivity index (χ3n) is 1.96. The molecule has 0 atom stereocenters. The average molecular weight is 181 g/mol. The van der Waals surface area contributed by atoms with Crippen LogP contribution in [0.4, 0.5) is 0 Å². The SMILES string of the molecule is N#Cc1nc(=N)cc2cccccc1-2. The molecule has 1 heterocycles. The number of hydrogen-bond donors (Lipinski definition) is 1. The van der Waals surface area contributed by atoms with Crippen LogP contribution in [0.3, 0.4) is 0 Å². The second kappa shape index (κ2) is 3.27. The average Bonchev–Trinajstić information content (AvgIpc) is 2.41. The van der Waals surface area contributed by atoms with Crippen LogP contribution >= 0.6 is 0 Å². The fourth-order valence-electron chi connectivity index (χ4n) is 1.35. The lowest BCUT2D eigenvalue weighted by molar-refractivity contribution is 1.08. The van der Waals surface area contributed by atoms with Crippen molar-refractivity contribution >= 4 is 0 Å². The largest absolute Gasteiger partial charge is 0.283 e. The fourth-order valence-corrected chi connectivity index (χ4v) is 1.35. The highest BCUT2D eigenvalue weighted by Crippen LogP contribution is 2.19. The molecule has 2 aliphatic rings. The van der Waals surface area contributed by atoms with E-state index < -0.39 is 0 Å². The van der Waals surface area contributed by atoms with Gasteiger partial charge in [0.15, 0.2) is 5.69 Å². The summed E-state index contributed by atoms with van der Waals surface area (Å²) >= 11 is 0. The van der Waals surface area contributed by atoms with E-state index in [4.69, 9.17) is 10.7 Å². The molecule has 0 bridgehead atoms. The van der Waals surface area contributed by atoms with Gasteiger partial charge in [-0.3, -0.25) is 5.41 Å². The lowest BCUT2D eigenvalue weighted by Gasteiger charge is -2.00. The quantitative estimate of drug-likeness (QED) is 0.670. The number of rotatable bonds is 0. The van der Waals surface area contributed by atoms with E-state index >= 15 is 0 Å². The third kappa shape index (κ3) is 1.34. The first kappa shape index (κ1) is 8.39. The molecule has 0 saturated heterocycles. The Balaban J connectivity index is 2.91. The first-order valence-corrected chi connectivity index (χ1v) is 4.16. The van der Waals surface area contributed by atoms with Crippen LogP contribution in [0, 0.1) is 16.7 Å². The molecular formula is C11H7N3. The van der Waals surface area contributed by atoms with E-state index in [1.165, 1.54) is 0 Å². The van der Waals surface area contributed by atoms with E-state index in [-0.39, 0.29) is 5.49 Å². The Hall–Kier alpha value is -2.21. The Labute approximate surface area is 81.1 Å². The predicted octanol–water partition coefficient (Wildman–Crippen LogP) is 1.54. The molecule has 0 amide bonds. The summed E-state index contributed by atoms with van der Waals surface area (Å²) in [7, 11) is 0. The maximum Gasteiger partial charge on any atom is 0.150 e. The fraction of sp³-hybridized carbons (Fsp3) is 0. The zero-order valence-electron chi connectivity index (χ0n) is 7.36. The van der Waals surface area contributed by atoms with Crippen molar-refractivity contribution in [3.63, 3.8) is 0 Å². The van der Waals surface area contributed by atoms with Gasteiger partial charge in [0.25, 0.3) is 0 Å². The molecule has 1 aliphatic heterocycles. The molecule has 0 radical (unpaired) electrons. The van der Waals surface area contributed by atoms with Gasteiger partial charge in [-0.1, -0.05) is 30.3 Å². The molecule has 66 valence electrons. The number of fused-ring (bicyclic) bond motifs is 1. The molecule has 0 spiro atoms. The first-order chi connectivity index (χ1) is 6.81. The van der Waals surface area contributed by atoms with Crippen molar-refractivity contribution in [2.45, 2.75) is 0 Å². The molecule has 3 heteroatoms. The van der Waals surface area contributed by atoms with Crippen molar-refractivity contribution in [2.75, 3.05) is 0 Å². The molecule has 0 aromatic heterocycles. The van der Waals surface area contributed by atoms with Crippen molar-refractivity contribution in [1.82, 2.24) is 4.98 Å². The summed E-state index contributed by atoms with van der Waals surface area (Å²) in [6.45, 7) is 0. The van der Waals surface area contributed by atoms with Crippen LogP contribution in [-0.2, 0) is 0 Å². The van der Waals surface area contributed by atoms with Crippen LogP contribution in [0.15, 0.2) is 36.4 Å². The van der Waals surface area contributed by atoms with Gasteiger partial charge < -0.3 is 0 Å². The Bertz CT molecular complexity index is 540. The maximum absolute atomic E-state index is 8.85. The molecule has 1 aliphatic carbocycles. The highest BCUT2D eigenvalue weighted by atomic mass is 14.7. The van der Waals surface area contributed by atoms with Gasteiger partial charge >= 0.3 is 0 Å². The number of nitriles is 1. The number of hydrogen-bond acceptors (Lipinski definition) is 3. The number of nitrogens with one attached hydrogen (secondary N) is 1. The number of nitrogens with zero attached hydrogens (tertiary/aromatic N) is 2. The van der Waals surface area contributed by atoms with Crippen molar-refractivity contribution in [3.8, 4) is 17.2 Å². The lowest BCUT2D eigenvalue weighted by atomic mass is 10.1. The van der Waals surface area contributed by atoms with Crippen LogP contribution < -0.4 is 5.49 Å². The van der Waals surface area contributed by atoms with Gasteiger partial charge in [0.2, 0.25) is 0 Å². The second-order valence-electron chi connectivity index (χ2n) is 2.88. The Morgan fingerprint density at radius 3 is 2.79 bits per heavy atom. The van der Waals surface area contributed by atoms with Crippen LogP contribution in [-0.4, -0.2) is 4.98 Å². The highest BCUT2D eigenvalue weighted by Gasteiger charge is 2.06. The van der Waals surface area contributed by atoms with E-state index in [1.54, 1.807) is 6.07 Å². The van der Waals surface area contributed by atoms with E-state index in [0.29, 0.717) is 5.69 Å². The molecule has 14 heavy (non-hydrogen) atoms. The van der Waals surface area contributed by atoms with Gasteiger partial charge in [-0.25, -0.2) is 4.98 Å². The summed E-state index contributed by atoms with van der Waals surface area (Å²) in [6, 6.07) is 13.0. The summed E-state index contributed by atoms with van der Waals surface area (Å²) in [5.74, 6) is 0. The molecule has 0 aromatic rings. The molecule has 0 aromatic carbocycles. The molecular weight excluding hydrogens is 174 g/mol. The predicted molar refractivity (Wildman–Crippen MR) is 51.4 cm³/mol. The summed E-state index contributed by atoms with van der Waals surface area (Å²) in [6.07, 6.45) is 0. The molecule has 0 saturated carbocycles. The minimum absolute atomic E-state index is 0.125. The molecule has 1 N–H and O–H groups in total. The van der Waals surface area contributed by atoms with Crippen molar-refractivity contribution in [1.29, 1.82) is 10.7 Å². The third-order valence-corrected chi connectivity index (χ3v) is 1.96. The topological polar surface area (TPSA) is 60.5 Å². The van der Waals surface area contributed by atoms with E-state index in [9.17, 15) is 0 Å². The van der Waals surface area contributed by atoms with Gasteiger partial charge in [-0.15, -0.1) is 0 Å². The Morgan fingerprint density at radius 1 is 1.21 bits per heavy atom. The smallest absolute Gasteiger partial charge is 0.150 e. The van der Waals surface area contributed by atoms with Gasteiger partial charge in [-0.05, 0) is 11.6 Å². The van der Waals surface area contributed by atoms with Gasteiger partial charge in [0, 0.05) is 5.56 Å². The lowest BCUT2D eigenvalue weighted by Crippen LogP contribution is -2.08. The van der Waals surface area contributed by atoms with Crippen molar-refractivity contribution < 1.29 is 0 Å². The maximum atomic E-state index is 8.85. The molecule has 3 nitrogen and oxygen atoms in total. The van der Waals surface area contributed by atoms with Crippen LogP contribution in [0.25, 0.3) is 11.1 Å². The first-order valence-electron chi connectivity index (χ1n) is 4.16. The summed E-state index contributed by atoms with van der Waals surface area (Å²) in [5, 5.41) is 16.3. The van der Waals surface area contributed by atoms with Gasteiger partial charge in [0.1, 0.15) is 11.6 Å². The monoisotopic (exact) mass is 181 g/mol. The van der Waals surface area contributed by atoms with Crippen LogP contribution in [0.2, 0.25) is 0 Å². The summed E-state index contributed by atoms with van der Waals surface area (Å²) in [4.78, 5) is 3.85. The molecule has 2 rings (SSSR count). The highest BCUT2D eigenvalue weighted by molar-refractivity contribution is 5.68. The standard InChI is InChI=1S/C11H7N3/c12-7-10-9-5-3-1-2-4-8(9)6-11(13)14-10/h1-6,13H. The van der Waals surface area contributed by atoms with Crippen LogP contribution in [0.5, 0.6) is 0 Å². The molecule has 0 fully saturated rings. The van der Waals surface area contributed by atoms with Gasteiger partial charge in [0.05, 0.1) is 0 Å². The minimum atomic E-state index is 0.125. The summed E-state index contributed by atoms with van der Waals surface area (Å²) < 4.78 is 0. The minimum Gasteiger partial charge on any atom is -0.283 e. The van der Waals surface area contributed by atoms with Gasteiger partial charge in [-0.2, -0.15) is 5.26 Å². The van der Waals surface area contributed by atoms with Crippen molar-refractivity contribution in [2.24, 2.45) is 0 Å². The van der Waals surface area contributed by atoms with Crippen molar-refractivity contribution in [3.05, 3.63) is 47.6 Å². The van der Waals surface area contributed by atoms with E-state index in [1.807, 2.05) is 36.4 Å². The molecule has 0 unspecified atom stereocenters. The number of pyridine rings is 1. The Kier molecular flexibility index (Phi) is 1.96. The zero-order chi connectivity index (χ0) is 9.97. The van der Waals surface area contributed by atoms with E-state index in [2.05, 4.69) is 4.98 Å². The second-order valence-corrected chi connectivity index (χ2v) is 2.88. The number of aromatic nitrogens is 1. The summed E-state index contributed by atoms with van der Waals surface area (Å²) in [5.41, 5.74) is 2.09.